The normalized spacial score (nSPS) is 13.0. The van der Waals surface area contributed by atoms with Crippen LogP contribution in [0.15, 0.2) is 24.3 Å². The van der Waals surface area contributed by atoms with Crippen molar-refractivity contribution in [1.29, 1.82) is 0 Å². The highest BCUT2D eigenvalue weighted by atomic mass is 123. The molecule has 1 nitrogen and oxygen atoms in total. The minimum absolute atomic E-state index is 0.259. The Labute approximate surface area is 81.1 Å². The highest BCUT2D eigenvalue weighted by Gasteiger charge is 1.96. The first kappa shape index (κ1) is 9.00. The molecule has 11 heavy (non-hydrogen) atoms. The SMILES string of the molecule is C[C@@H](N)Cc1ccc([123I])cc1. The Hall–Kier alpha value is -0.0900. The maximum Gasteiger partial charge on any atom is 0.0130 e. The van der Waals surface area contributed by atoms with Gasteiger partial charge in [0.2, 0.25) is 0 Å². The van der Waals surface area contributed by atoms with E-state index >= 15 is 0 Å². The van der Waals surface area contributed by atoms with E-state index in [1.54, 1.807) is 0 Å². The summed E-state index contributed by atoms with van der Waals surface area (Å²) >= 11 is 2.30. The summed E-state index contributed by atoms with van der Waals surface area (Å²) in [6.45, 7) is 2.03. The third kappa shape index (κ3) is 3.20. The monoisotopic (exact) mass is 257 g/mol. The predicted octanol–water partition coefficient (Wildman–Crippen LogP) is 2.18. The third-order valence-corrected chi connectivity index (χ3v) is 2.19. The molecule has 1 aromatic carbocycles. The van der Waals surface area contributed by atoms with Crippen LogP contribution < -0.4 is 5.73 Å². The topological polar surface area (TPSA) is 26.0 Å². The molecule has 0 aliphatic rings. The molecule has 0 aliphatic carbocycles. The summed E-state index contributed by atoms with van der Waals surface area (Å²) in [6, 6.07) is 8.74. The van der Waals surface area contributed by atoms with E-state index in [1.807, 2.05) is 6.92 Å². The first-order valence-corrected chi connectivity index (χ1v) is 4.76. The Bertz CT molecular complexity index is 216. The van der Waals surface area contributed by atoms with Gasteiger partial charge in [-0.2, -0.15) is 0 Å². The van der Waals surface area contributed by atoms with E-state index in [4.69, 9.17) is 5.73 Å². The molecule has 1 atom stereocenters. The van der Waals surface area contributed by atoms with E-state index in [0.29, 0.717) is 0 Å². The number of hydrogen-bond acceptors (Lipinski definition) is 1. The summed E-state index contributed by atoms with van der Waals surface area (Å²) in [4.78, 5) is 0. The van der Waals surface area contributed by atoms with Gasteiger partial charge in [0.05, 0.1) is 0 Å². The summed E-state index contributed by atoms with van der Waals surface area (Å²) < 4.78 is 1.27. The lowest BCUT2D eigenvalue weighted by atomic mass is 10.1. The maximum absolute atomic E-state index is 5.66. The van der Waals surface area contributed by atoms with Crippen LogP contribution in [0, 0.1) is 3.57 Å². The second-order valence-electron chi connectivity index (χ2n) is 2.81. The highest BCUT2D eigenvalue weighted by molar-refractivity contribution is 14.1. The molecule has 0 bridgehead atoms. The lowest BCUT2D eigenvalue weighted by Crippen LogP contribution is -2.17. The predicted molar refractivity (Wildman–Crippen MR) is 56.5 cm³/mol. The van der Waals surface area contributed by atoms with E-state index in [2.05, 4.69) is 46.9 Å². The van der Waals surface area contributed by atoms with Crippen molar-refractivity contribution in [3.8, 4) is 0 Å². The summed E-state index contributed by atoms with van der Waals surface area (Å²) in [5, 5.41) is 0. The van der Waals surface area contributed by atoms with Gasteiger partial charge in [-0.3, -0.25) is 0 Å². The summed E-state index contributed by atoms with van der Waals surface area (Å²) in [5.41, 5.74) is 6.98. The van der Waals surface area contributed by atoms with Gasteiger partial charge >= 0.3 is 0 Å². The van der Waals surface area contributed by atoms with Crippen LogP contribution in [0.25, 0.3) is 0 Å². The van der Waals surface area contributed by atoms with Crippen molar-refractivity contribution in [3.05, 3.63) is 33.4 Å². The standard InChI is InChI=1S/C9H12IN/c1-7(11)6-8-2-4-9(10)5-3-8/h2-5,7H,6,11H2,1H3/t7-/m1/s1/i10-4. The van der Waals surface area contributed by atoms with Crippen molar-refractivity contribution in [2.45, 2.75) is 19.4 Å². The van der Waals surface area contributed by atoms with Crippen LogP contribution in [-0.2, 0) is 6.42 Å². The Morgan fingerprint density at radius 1 is 1.36 bits per heavy atom. The first-order valence-electron chi connectivity index (χ1n) is 3.68. The Morgan fingerprint density at radius 2 is 1.91 bits per heavy atom. The Balaban J connectivity index is 2.66. The molecule has 0 heterocycles. The molecular formula is C9H12IN. The molecule has 0 saturated heterocycles. The molecule has 0 fully saturated rings. The number of rotatable bonds is 2. The van der Waals surface area contributed by atoms with E-state index in [1.165, 1.54) is 9.13 Å². The highest BCUT2D eigenvalue weighted by Crippen LogP contribution is 2.07. The number of benzene rings is 1. The molecule has 0 aliphatic heterocycles. The average molecular weight is 257 g/mol. The molecule has 0 saturated carbocycles. The molecule has 1 aromatic rings. The second-order valence-corrected chi connectivity index (χ2v) is 4.05. The summed E-state index contributed by atoms with van der Waals surface area (Å²) in [5.74, 6) is 0. The zero-order valence-electron chi connectivity index (χ0n) is 6.55. The maximum atomic E-state index is 5.66. The van der Waals surface area contributed by atoms with Gasteiger partial charge in [-0.15, -0.1) is 0 Å². The van der Waals surface area contributed by atoms with Gasteiger partial charge in [-0.1, -0.05) is 12.1 Å². The Kier molecular flexibility index (Phi) is 3.33. The van der Waals surface area contributed by atoms with Crippen LogP contribution in [-0.4, -0.2) is 6.04 Å². The van der Waals surface area contributed by atoms with Gasteiger partial charge in [-0.25, -0.2) is 0 Å². The fourth-order valence-corrected chi connectivity index (χ4v) is 1.35. The quantitative estimate of drug-likeness (QED) is 0.807. The fourth-order valence-electron chi connectivity index (χ4n) is 0.992. The first-order chi connectivity index (χ1) is 5.18. The van der Waals surface area contributed by atoms with Crippen molar-refractivity contribution in [2.24, 2.45) is 5.73 Å². The van der Waals surface area contributed by atoms with E-state index in [-0.39, 0.29) is 6.04 Å². The molecule has 2 N–H and O–H groups in total. The zero-order chi connectivity index (χ0) is 8.27. The summed E-state index contributed by atoms with van der Waals surface area (Å²) in [7, 11) is 0. The number of hydrogen-bond donors (Lipinski definition) is 1. The van der Waals surface area contributed by atoms with Crippen LogP contribution in [0.2, 0.25) is 0 Å². The second kappa shape index (κ2) is 4.07. The lowest BCUT2D eigenvalue weighted by molar-refractivity contribution is 0.738. The van der Waals surface area contributed by atoms with Crippen molar-refractivity contribution < 1.29 is 0 Å². The van der Waals surface area contributed by atoms with Crippen molar-refractivity contribution >= 4 is 22.6 Å². The smallest absolute Gasteiger partial charge is 0.0130 e. The lowest BCUT2D eigenvalue weighted by Gasteiger charge is -2.03. The minimum Gasteiger partial charge on any atom is -0.328 e. The number of nitrogens with two attached hydrogens (primary N) is 1. The summed E-state index contributed by atoms with van der Waals surface area (Å²) in [6.07, 6.45) is 0.969. The van der Waals surface area contributed by atoms with Gasteiger partial charge in [0.15, 0.2) is 0 Å². The van der Waals surface area contributed by atoms with Gasteiger partial charge in [0.25, 0.3) is 0 Å². The van der Waals surface area contributed by atoms with Crippen molar-refractivity contribution in [1.82, 2.24) is 0 Å². The molecule has 0 amide bonds. The molecule has 0 unspecified atom stereocenters. The zero-order valence-corrected chi connectivity index (χ0v) is 8.71. The van der Waals surface area contributed by atoms with Gasteiger partial charge in [0.1, 0.15) is 0 Å². The van der Waals surface area contributed by atoms with Crippen LogP contribution in [0.3, 0.4) is 0 Å². The molecule has 0 aromatic heterocycles. The van der Waals surface area contributed by atoms with Gasteiger partial charge < -0.3 is 5.73 Å². The van der Waals surface area contributed by atoms with Crippen LogP contribution >= 0.6 is 22.6 Å². The van der Waals surface area contributed by atoms with Crippen molar-refractivity contribution in [3.63, 3.8) is 0 Å². The minimum atomic E-state index is 0.259. The van der Waals surface area contributed by atoms with E-state index in [0.717, 1.165) is 6.42 Å². The Morgan fingerprint density at radius 3 is 2.36 bits per heavy atom. The van der Waals surface area contributed by atoms with Gasteiger partial charge in [0, 0.05) is 9.61 Å². The molecule has 0 radical (unpaired) electrons. The van der Waals surface area contributed by atoms with Crippen LogP contribution in [0.1, 0.15) is 12.5 Å². The number of halogens is 1. The molecule has 0 spiro atoms. The third-order valence-electron chi connectivity index (χ3n) is 1.47. The van der Waals surface area contributed by atoms with Crippen molar-refractivity contribution in [2.75, 3.05) is 0 Å². The largest absolute Gasteiger partial charge is 0.328 e. The van der Waals surface area contributed by atoms with E-state index in [9.17, 15) is 0 Å². The molecular weight excluding hydrogens is 245 g/mol. The fraction of sp³-hybridized carbons (Fsp3) is 0.333. The average Bonchev–Trinajstić information content (AvgIpc) is 1.93. The molecule has 1 rings (SSSR count). The van der Waals surface area contributed by atoms with E-state index < -0.39 is 0 Å². The van der Waals surface area contributed by atoms with Gasteiger partial charge in [-0.05, 0) is 53.6 Å². The van der Waals surface area contributed by atoms with Crippen LogP contribution in [0.4, 0.5) is 0 Å². The molecule has 60 valence electrons. The molecule has 2 heteroatoms. The van der Waals surface area contributed by atoms with Crippen LogP contribution in [0.5, 0.6) is 0 Å².